The highest BCUT2D eigenvalue weighted by atomic mass is 16.2. The maximum atomic E-state index is 11.8. The highest BCUT2D eigenvalue weighted by molar-refractivity contribution is 5.87. The zero-order chi connectivity index (χ0) is 11.6. The molecule has 0 radical (unpaired) electrons. The molecule has 1 saturated carbocycles. The Morgan fingerprint density at radius 2 is 2.19 bits per heavy atom. The third-order valence-corrected chi connectivity index (χ3v) is 4.12. The number of carbonyl (C=O) groups is 1. The molecular weight excluding hydrogens is 202 g/mol. The Labute approximate surface area is 97.6 Å². The van der Waals surface area contributed by atoms with E-state index in [9.17, 15) is 4.79 Å². The lowest BCUT2D eigenvalue weighted by molar-refractivity contribution is -0.129. The van der Waals surface area contributed by atoms with Crippen LogP contribution in [0.1, 0.15) is 38.5 Å². The summed E-state index contributed by atoms with van der Waals surface area (Å²) in [7, 11) is 2.14. The van der Waals surface area contributed by atoms with Gasteiger partial charge in [0, 0.05) is 12.6 Å². The Bertz CT molecular complexity index is 263. The van der Waals surface area contributed by atoms with E-state index in [-0.39, 0.29) is 5.91 Å². The van der Waals surface area contributed by atoms with Crippen molar-refractivity contribution in [1.29, 1.82) is 0 Å². The summed E-state index contributed by atoms with van der Waals surface area (Å²) in [4.78, 5) is 14.2. The Morgan fingerprint density at radius 1 is 1.44 bits per heavy atom. The molecule has 2 aliphatic rings. The highest BCUT2D eigenvalue weighted by Crippen LogP contribution is 2.29. The Hall–Kier alpha value is -0.610. The number of nitrogens with zero attached hydrogens (tertiary/aromatic N) is 1. The number of likely N-dealkylation sites (N-methyl/N-ethyl adjacent to an activating group) is 1. The van der Waals surface area contributed by atoms with Crippen LogP contribution in [0.3, 0.4) is 0 Å². The van der Waals surface area contributed by atoms with Gasteiger partial charge in [-0.1, -0.05) is 6.42 Å². The minimum absolute atomic E-state index is 0.0534. The highest BCUT2D eigenvalue weighted by Gasteiger charge is 2.40. The monoisotopic (exact) mass is 225 g/mol. The van der Waals surface area contributed by atoms with E-state index in [0.29, 0.717) is 6.04 Å². The summed E-state index contributed by atoms with van der Waals surface area (Å²) in [6.07, 6.45) is 6.53. The molecule has 2 rings (SSSR count). The molecule has 1 aliphatic heterocycles. The molecule has 0 aromatic heterocycles. The lowest BCUT2D eigenvalue weighted by Crippen LogP contribution is -2.60. The minimum Gasteiger partial charge on any atom is -0.353 e. The van der Waals surface area contributed by atoms with E-state index in [4.69, 9.17) is 5.73 Å². The molecule has 1 unspecified atom stereocenters. The van der Waals surface area contributed by atoms with Gasteiger partial charge in [0.25, 0.3) is 0 Å². The van der Waals surface area contributed by atoms with E-state index in [0.717, 1.165) is 32.4 Å². The number of rotatable bonds is 3. The second-order valence-corrected chi connectivity index (χ2v) is 5.35. The van der Waals surface area contributed by atoms with Crippen molar-refractivity contribution in [3.63, 3.8) is 0 Å². The molecule has 0 spiro atoms. The second kappa shape index (κ2) is 4.72. The number of likely N-dealkylation sites (tertiary alicyclic amines) is 1. The maximum absolute atomic E-state index is 11.8. The molecule has 1 atom stereocenters. The second-order valence-electron chi connectivity index (χ2n) is 5.35. The predicted octanol–water partition coefficient (Wildman–Crippen LogP) is 0.468. The molecule has 0 aromatic carbocycles. The number of amides is 1. The van der Waals surface area contributed by atoms with Crippen LogP contribution in [-0.2, 0) is 4.79 Å². The molecule has 1 saturated heterocycles. The van der Waals surface area contributed by atoms with Gasteiger partial charge in [-0.25, -0.2) is 0 Å². The Morgan fingerprint density at radius 3 is 2.75 bits per heavy atom. The van der Waals surface area contributed by atoms with Crippen molar-refractivity contribution in [1.82, 2.24) is 10.2 Å². The molecule has 16 heavy (non-hydrogen) atoms. The number of nitrogens with two attached hydrogens (primary N) is 1. The molecule has 4 nitrogen and oxygen atoms in total. The van der Waals surface area contributed by atoms with Crippen molar-refractivity contribution in [3.8, 4) is 0 Å². The summed E-state index contributed by atoms with van der Waals surface area (Å²) in [6, 6.07) is 0.501. The van der Waals surface area contributed by atoms with Gasteiger partial charge < -0.3 is 16.0 Å². The van der Waals surface area contributed by atoms with Crippen LogP contribution in [0.25, 0.3) is 0 Å². The average molecular weight is 225 g/mol. The van der Waals surface area contributed by atoms with Crippen LogP contribution < -0.4 is 11.1 Å². The maximum Gasteiger partial charge on any atom is 0.240 e. The predicted molar refractivity (Wildman–Crippen MR) is 64.0 cm³/mol. The zero-order valence-corrected chi connectivity index (χ0v) is 10.2. The number of piperidine rings is 1. The van der Waals surface area contributed by atoms with Gasteiger partial charge in [0.15, 0.2) is 0 Å². The van der Waals surface area contributed by atoms with Crippen molar-refractivity contribution < 1.29 is 4.79 Å². The zero-order valence-electron chi connectivity index (χ0n) is 10.2. The molecule has 0 bridgehead atoms. The first-order valence-corrected chi connectivity index (χ1v) is 6.39. The van der Waals surface area contributed by atoms with Crippen LogP contribution in [0.2, 0.25) is 0 Å². The first-order valence-electron chi connectivity index (χ1n) is 6.39. The van der Waals surface area contributed by atoms with Gasteiger partial charge in [-0.05, 0) is 45.7 Å². The van der Waals surface area contributed by atoms with Crippen LogP contribution in [0, 0.1) is 0 Å². The van der Waals surface area contributed by atoms with Crippen LogP contribution >= 0.6 is 0 Å². The van der Waals surface area contributed by atoms with Gasteiger partial charge in [0.05, 0.1) is 5.54 Å². The molecule has 1 amide bonds. The summed E-state index contributed by atoms with van der Waals surface area (Å²) in [5.41, 5.74) is 5.42. The lowest BCUT2D eigenvalue weighted by atomic mass is 9.77. The van der Waals surface area contributed by atoms with Crippen molar-refractivity contribution in [2.75, 3.05) is 20.1 Å². The van der Waals surface area contributed by atoms with E-state index in [1.165, 1.54) is 19.3 Å². The fourth-order valence-electron chi connectivity index (χ4n) is 2.57. The van der Waals surface area contributed by atoms with Gasteiger partial charge in [-0.15, -0.1) is 0 Å². The van der Waals surface area contributed by atoms with E-state index in [1.54, 1.807) is 0 Å². The molecule has 1 heterocycles. The average Bonchev–Trinajstić information content (AvgIpc) is 2.24. The van der Waals surface area contributed by atoms with Crippen molar-refractivity contribution in [3.05, 3.63) is 0 Å². The standard InChI is InChI=1S/C12H23N3O/c1-15-8-3-2-5-10(15)9-14-11(16)12(13)6-4-7-12/h10H,2-9,13H2,1H3,(H,14,16). The number of hydrogen-bond donors (Lipinski definition) is 2. The molecule has 1 aliphatic carbocycles. The fraction of sp³-hybridized carbons (Fsp3) is 0.917. The molecule has 4 heteroatoms. The normalized spacial score (nSPS) is 29.5. The van der Waals surface area contributed by atoms with Crippen LogP contribution in [-0.4, -0.2) is 42.5 Å². The van der Waals surface area contributed by atoms with Crippen molar-refractivity contribution in [2.45, 2.75) is 50.1 Å². The quantitative estimate of drug-likeness (QED) is 0.734. The smallest absolute Gasteiger partial charge is 0.240 e. The largest absolute Gasteiger partial charge is 0.353 e. The number of nitrogens with one attached hydrogen (secondary N) is 1. The fourth-order valence-corrected chi connectivity index (χ4v) is 2.57. The third kappa shape index (κ3) is 2.38. The number of carbonyl (C=O) groups excluding carboxylic acids is 1. The Kier molecular flexibility index (Phi) is 3.50. The van der Waals surface area contributed by atoms with Gasteiger partial charge >= 0.3 is 0 Å². The first kappa shape index (κ1) is 11.9. The summed E-state index contributed by atoms with van der Waals surface area (Å²) >= 11 is 0. The molecule has 92 valence electrons. The molecule has 0 aromatic rings. The number of hydrogen-bond acceptors (Lipinski definition) is 3. The van der Waals surface area contributed by atoms with E-state index in [1.807, 2.05) is 0 Å². The van der Waals surface area contributed by atoms with E-state index >= 15 is 0 Å². The van der Waals surface area contributed by atoms with Gasteiger partial charge in [-0.3, -0.25) is 4.79 Å². The van der Waals surface area contributed by atoms with Gasteiger partial charge in [-0.2, -0.15) is 0 Å². The molecular formula is C12H23N3O. The van der Waals surface area contributed by atoms with Crippen LogP contribution in [0.5, 0.6) is 0 Å². The Balaban J connectivity index is 1.76. The van der Waals surface area contributed by atoms with Crippen LogP contribution in [0.4, 0.5) is 0 Å². The summed E-state index contributed by atoms with van der Waals surface area (Å²) in [5, 5.41) is 3.02. The van der Waals surface area contributed by atoms with E-state index in [2.05, 4.69) is 17.3 Å². The van der Waals surface area contributed by atoms with Crippen molar-refractivity contribution in [2.24, 2.45) is 5.73 Å². The summed E-state index contributed by atoms with van der Waals surface area (Å²) in [6.45, 7) is 1.91. The molecule has 2 fully saturated rings. The lowest BCUT2D eigenvalue weighted by Gasteiger charge is -2.38. The topological polar surface area (TPSA) is 58.4 Å². The third-order valence-electron chi connectivity index (χ3n) is 4.12. The van der Waals surface area contributed by atoms with Gasteiger partial charge in [0.2, 0.25) is 5.91 Å². The minimum atomic E-state index is -0.548. The van der Waals surface area contributed by atoms with Crippen molar-refractivity contribution >= 4 is 5.91 Å². The molecule has 3 N–H and O–H groups in total. The van der Waals surface area contributed by atoms with E-state index < -0.39 is 5.54 Å². The summed E-state index contributed by atoms with van der Waals surface area (Å²) in [5.74, 6) is 0.0534. The SMILES string of the molecule is CN1CCCCC1CNC(=O)C1(N)CCC1. The van der Waals surface area contributed by atoms with Gasteiger partial charge in [0.1, 0.15) is 0 Å². The first-order chi connectivity index (χ1) is 7.62. The summed E-state index contributed by atoms with van der Waals surface area (Å²) < 4.78 is 0. The van der Waals surface area contributed by atoms with Crippen LogP contribution in [0.15, 0.2) is 0 Å².